The Kier molecular flexibility index (Phi) is 12.1. The van der Waals surface area contributed by atoms with Gasteiger partial charge >= 0.3 is 0 Å². The van der Waals surface area contributed by atoms with Crippen LogP contribution in [0.15, 0.2) is 29.3 Å². The quantitative estimate of drug-likeness (QED) is 0.286. The number of aliphatic imine (C=N–C) groups is 1. The van der Waals surface area contributed by atoms with Crippen LogP contribution in [0.5, 0.6) is 0 Å². The van der Waals surface area contributed by atoms with Crippen molar-refractivity contribution in [3.05, 3.63) is 35.4 Å². The molecule has 5 nitrogen and oxygen atoms in total. The van der Waals surface area contributed by atoms with E-state index >= 15 is 0 Å². The Morgan fingerprint density at radius 3 is 2.39 bits per heavy atom. The fourth-order valence-electron chi connectivity index (χ4n) is 2.22. The van der Waals surface area contributed by atoms with Gasteiger partial charge in [-0.1, -0.05) is 29.8 Å². The van der Waals surface area contributed by atoms with Crippen LogP contribution < -0.4 is 10.6 Å². The normalized spacial score (nSPS) is 12.7. The first kappa shape index (κ1) is 22.1. The third-order valence-corrected chi connectivity index (χ3v) is 3.59. The van der Waals surface area contributed by atoms with Gasteiger partial charge in [0.25, 0.3) is 0 Å². The number of likely N-dealkylation sites (N-methyl/N-ethyl adjacent to an activating group) is 1. The molecule has 6 heteroatoms. The zero-order valence-electron chi connectivity index (χ0n) is 14.9. The van der Waals surface area contributed by atoms with Gasteiger partial charge in [0.2, 0.25) is 0 Å². The van der Waals surface area contributed by atoms with Crippen molar-refractivity contribution in [3.63, 3.8) is 0 Å². The zero-order valence-corrected chi connectivity index (χ0v) is 17.3. The maximum Gasteiger partial charge on any atom is 0.191 e. The average molecular weight is 434 g/mol. The van der Waals surface area contributed by atoms with Crippen molar-refractivity contribution in [3.8, 4) is 0 Å². The first-order valence-electron chi connectivity index (χ1n) is 7.75. The monoisotopic (exact) mass is 434 g/mol. The van der Waals surface area contributed by atoms with Crippen molar-refractivity contribution in [2.75, 3.05) is 47.9 Å². The molecule has 1 aromatic rings. The molecule has 0 aliphatic rings. The molecule has 0 radical (unpaired) electrons. The Morgan fingerprint density at radius 1 is 1.22 bits per heavy atom. The molecule has 0 saturated carbocycles. The van der Waals surface area contributed by atoms with Gasteiger partial charge in [-0.25, -0.2) is 0 Å². The van der Waals surface area contributed by atoms with Gasteiger partial charge in [0.05, 0.1) is 6.04 Å². The Balaban J connectivity index is 0.00000484. The summed E-state index contributed by atoms with van der Waals surface area (Å²) in [5.74, 6) is 0.829. The predicted octanol–water partition coefficient (Wildman–Crippen LogP) is 2.42. The predicted molar refractivity (Wildman–Crippen MR) is 109 cm³/mol. The average Bonchev–Trinajstić information content (AvgIpc) is 2.51. The van der Waals surface area contributed by atoms with E-state index in [4.69, 9.17) is 4.74 Å². The van der Waals surface area contributed by atoms with Crippen molar-refractivity contribution in [1.29, 1.82) is 0 Å². The molecule has 1 unspecified atom stereocenters. The van der Waals surface area contributed by atoms with Gasteiger partial charge in [0.15, 0.2) is 5.96 Å². The van der Waals surface area contributed by atoms with Crippen LogP contribution in [-0.4, -0.2) is 58.8 Å². The fourth-order valence-corrected chi connectivity index (χ4v) is 2.22. The first-order valence-corrected chi connectivity index (χ1v) is 7.75. The minimum Gasteiger partial charge on any atom is -0.385 e. The maximum atomic E-state index is 5.05. The smallest absolute Gasteiger partial charge is 0.191 e. The number of benzene rings is 1. The second-order valence-corrected chi connectivity index (χ2v) is 5.62. The van der Waals surface area contributed by atoms with Gasteiger partial charge in [0.1, 0.15) is 0 Å². The molecular weight excluding hydrogens is 403 g/mol. The van der Waals surface area contributed by atoms with Gasteiger partial charge < -0.3 is 20.3 Å². The van der Waals surface area contributed by atoms with Crippen molar-refractivity contribution >= 4 is 29.9 Å². The second kappa shape index (κ2) is 12.5. The third kappa shape index (κ3) is 8.53. The molecule has 1 aromatic carbocycles. The minimum atomic E-state index is 0. The number of guanidine groups is 1. The van der Waals surface area contributed by atoms with Gasteiger partial charge in [-0.05, 0) is 33.0 Å². The molecule has 0 heterocycles. The van der Waals surface area contributed by atoms with Crippen LogP contribution in [0, 0.1) is 6.92 Å². The van der Waals surface area contributed by atoms with Gasteiger partial charge in [-0.3, -0.25) is 4.99 Å². The standard InChI is InChI=1S/C17H30N4O.HI/c1-14-7-9-15(10-8-14)16(21(3)4)13-20-17(18-2)19-11-6-12-22-5;/h7-10,16H,6,11-13H2,1-5H3,(H2,18,19,20);1H. The summed E-state index contributed by atoms with van der Waals surface area (Å²) in [6, 6.07) is 9.00. The molecule has 23 heavy (non-hydrogen) atoms. The van der Waals surface area contributed by atoms with Crippen LogP contribution in [0.3, 0.4) is 0 Å². The van der Waals surface area contributed by atoms with Gasteiger partial charge in [-0.2, -0.15) is 0 Å². The van der Waals surface area contributed by atoms with E-state index in [0.717, 1.165) is 32.1 Å². The molecular formula is C17H31IN4O. The highest BCUT2D eigenvalue weighted by molar-refractivity contribution is 14.0. The number of nitrogens with one attached hydrogen (secondary N) is 2. The minimum absolute atomic E-state index is 0. The van der Waals surface area contributed by atoms with E-state index in [9.17, 15) is 0 Å². The number of ether oxygens (including phenoxy) is 1. The highest BCUT2D eigenvalue weighted by Crippen LogP contribution is 2.17. The summed E-state index contributed by atoms with van der Waals surface area (Å²) in [5, 5.41) is 6.70. The summed E-state index contributed by atoms with van der Waals surface area (Å²) in [7, 11) is 7.71. The highest BCUT2D eigenvalue weighted by Gasteiger charge is 2.14. The molecule has 2 N–H and O–H groups in total. The Bertz CT molecular complexity index is 448. The molecule has 132 valence electrons. The fraction of sp³-hybridized carbons (Fsp3) is 0.588. The largest absolute Gasteiger partial charge is 0.385 e. The van der Waals surface area contributed by atoms with Gasteiger partial charge in [-0.15, -0.1) is 24.0 Å². The molecule has 1 rings (SSSR count). The Morgan fingerprint density at radius 2 is 1.87 bits per heavy atom. The Hall–Kier alpha value is -0.860. The lowest BCUT2D eigenvalue weighted by molar-refractivity contribution is 0.195. The molecule has 0 aromatic heterocycles. The van der Waals surface area contributed by atoms with Crippen molar-refractivity contribution < 1.29 is 4.74 Å². The van der Waals surface area contributed by atoms with E-state index < -0.39 is 0 Å². The molecule has 0 fully saturated rings. The van der Waals surface area contributed by atoms with Gasteiger partial charge in [0, 0.05) is 33.9 Å². The zero-order chi connectivity index (χ0) is 16.4. The second-order valence-electron chi connectivity index (χ2n) is 5.62. The summed E-state index contributed by atoms with van der Waals surface area (Å²) in [6.45, 7) is 4.52. The number of halogens is 1. The molecule has 0 saturated heterocycles. The van der Waals surface area contributed by atoms with E-state index in [1.165, 1.54) is 11.1 Å². The number of hydrogen-bond acceptors (Lipinski definition) is 3. The lowest BCUT2D eigenvalue weighted by atomic mass is 10.0. The van der Waals surface area contributed by atoms with E-state index in [1.54, 1.807) is 14.2 Å². The number of methoxy groups -OCH3 is 1. The van der Waals surface area contributed by atoms with Crippen molar-refractivity contribution in [2.24, 2.45) is 4.99 Å². The molecule has 0 aliphatic heterocycles. The third-order valence-electron chi connectivity index (χ3n) is 3.59. The van der Waals surface area contributed by atoms with Crippen LogP contribution in [-0.2, 0) is 4.74 Å². The number of hydrogen-bond donors (Lipinski definition) is 2. The molecule has 0 bridgehead atoms. The number of nitrogens with zero attached hydrogens (tertiary/aromatic N) is 2. The van der Waals surface area contributed by atoms with Crippen LogP contribution in [0.2, 0.25) is 0 Å². The first-order chi connectivity index (χ1) is 10.6. The molecule has 0 amide bonds. The van der Waals surface area contributed by atoms with Crippen LogP contribution in [0.1, 0.15) is 23.6 Å². The van der Waals surface area contributed by atoms with Crippen LogP contribution in [0.25, 0.3) is 0 Å². The van der Waals surface area contributed by atoms with Crippen molar-refractivity contribution in [1.82, 2.24) is 15.5 Å². The Labute approximate surface area is 157 Å². The lowest BCUT2D eigenvalue weighted by Gasteiger charge is -2.26. The van der Waals surface area contributed by atoms with E-state index in [2.05, 4.69) is 65.8 Å². The van der Waals surface area contributed by atoms with E-state index in [1.807, 2.05) is 0 Å². The maximum absolute atomic E-state index is 5.05. The number of rotatable bonds is 8. The van der Waals surface area contributed by atoms with E-state index in [-0.39, 0.29) is 24.0 Å². The summed E-state index contributed by atoms with van der Waals surface area (Å²) < 4.78 is 5.05. The van der Waals surface area contributed by atoms with Crippen molar-refractivity contribution in [2.45, 2.75) is 19.4 Å². The molecule has 0 aliphatic carbocycles. The summed E-state index contributed by atoms with van der Waals surface area (Å²) in [6.07, 6.45) is 0.965. The van der Waals surface area contributed by atoms with E-state index in [0.29, 0.717) is 6.04 Å². The van der Waals surface area contributed by atoms with Crippen LogP contribution >= 0.6 is 24.0 Å². The summed E-state index contributed by atoms with van der Waals surface area (Å²) >= 11 is 0. The lowest BCUT2D eigenvalue weighted by Crippen LogP contribution is -2.42. The molecule has 0 spiro atoms. The molecule has 1 atom stereocenters. The topological polar surface area (TPSA) is 48.9 Å². The SMILES string of the molecule is CN=C(NCCCOC)NCC(c1ccc(C)cc1)N(C)C.I. The highest BCUT2D eigenvalue weighted by atomic mass is 127. The summed E-state index contributed by atoms with van der Waals surface area (Å²) in [5.41, 5.74) is 2.59. The summed E-state index contributed by atoms with van der Waals surface area (Å²) in [4.78, 5) is 6.48. The van der Waals surface area contributed by atoms with Crippen LogP contribution in [0.4, 0.5) is 0 Å². The number of aryl methyl sites for hydroxylation is 1.